The van der Waals surface area contributed by atoms with Crippen molar-refractivity contribution in [3.05, 3.63) is 84.9 Å². The van der Waals surface area contributed by atoms with Gasteiger partial charge in [-0.15, -0.1) is 11.3 Å². The van der Waals surface area contributed by atoms with Gasteiger partial charge in [-0.2, -0.15) is 0 Å². The molecule has 0 unspecified atom stereocenters. The third kappa shape index (κ3) is 2.77. The zero-order valence-corrected chi connectivity index (χ0v) is 18.7. The van der Waals surface area contributed by atoms with Gasteiger partial charge in [0.1, 0.15) is 11.2 Å². The van der Waals surface area contributed by atoms with E-state index in [2.05, 4.69) is 98.5 Å². The number of thiophene rings is 1. The first-order valence-electron chi connectivity index (χ1n) is 10.6. The molecule has 4 aromatic carbocycles. The van der Waals surface area contributed by atoms with Crippen molar-refractivity contribution in [1.82, 2.24) is 0 Å². The van der Waals surface area contributed by atoms with Crippen LogP contribution in [0.3, 0.4) is 0 Å². The number of fused-ring (bicyclic) bond motifs is 6. The molecule has 0 N–H and O–H groups in total. The molecule has 2 nitrogen and oxygen atoms in total. The predicted octanol–water partition coefficient (Wildman–Crippen LogP) is 8.89. The minimum atomic E-state index is -0.135. The number of hydrogen-bond donors (Lipinski definition) is 0. The fourth-order valence-corrected chi connectivity index (χ4v) is 5.86. The Bertz CT molecular complexity index is 1470. The van der Waals surface area contributed by atoms with E-state index in [1.807, 2.05) is 23.5 Å². The SMILES string of the molecule is CC(C)(C)N(c1cccc2oc3ccccc3c12)c1cccc2sc3ccccc3c12. The summed E-state index contributed by atoms with van der Waals surface area (Å²) in [5.74, 6) is 0. The number of benzene rings is 4. The molecule has 0 bridgehead atoms. The largest absolute Gasteiger partial charge is 0.456 e. The summed E-state index contributed by atoms with van der Waals surface area (Å²) in [5.41, 5.74) is 4.13. The van der Waals surface area contributed by atoms with Crippen LogP contribution < -0.4 is 4.90 Å². The standard InChI is InChI=1S/C28H23NOS/c1-28(2,3)29(20-12-8-15-23-26(20)18-10-4-6-14-22(18)30-23)21-13-9-17-25-27(21)19-11-5-7-16-24(19)31-25/h4-17H,1-3H3. The molecule has 0 atom stereocenters. The van der Waals surface area contributed by atoms with Gasteiger partial charge < -0.3 is 9.32 Å². The van der Waals surface area contributed by atoms with Crippen LogP contribution in [-0.2, 0) is 0 Å². The molecule has 6 rings (SSSR count). The highest BCUT2D eigenvalue weighted by Gasteiger charge is 2.28. The van der Waals surface area contributed by atoms with E-state index in [1.54, 1.807) is 0 Å². The molecule has 152 valence electrons. The van der Waals surface area contributed by atoms with Gasteiger partial charge in [-0.25, -0.2) is 0 Å². The van der Waals surface area contributed by atoms with E-state index in [4.69, 9.17) is 4.42 Å². The highest BCUT2D eigenvalue weighted by Crippen LogP contribution is 2.47. The van der Waals surface area contributed by atoms with Crippen LogP contribution in [-0.4, -0.2) is 5.54 Å². The van der Waals surface area contributed by atoms with Gasteiger partial charge >= 0.3 is 0 Å². The summed E-state index contributed by atoms with van der Waals surface area (Å²) in [6.45, 7) is 6.84. The maximum absolute atomic E-state index is 6.21. The number of anilines is 2. The van der Waals surface area contributed by atoms with Crippen molar-refractivity contribution in [3.8, 4) is 0 Å². The molecule has 0 spiro atoms. The minimum absolute atomic E-state index is 0.135. The predicted molar refractivity (Wildman–Crippen MR) is 135 cm³/mol. The number of rotatable bonds is 2. The summed E-state index contributed by atoms with van der Waals surface area (Å²) in [4.78, 5) is 2.48. The summed E-state index contributed by atoms with van der Waals surface area (Å²) >= 11 is 1.86. The van der Waals surface area contributed by atoms with E-state index < -0.39 is 0 Å². The zero-order valence-electron chi connectivity index (χ0n) is 17.8. The fraction of sp³-hybridized carbons (Fsp3) is 0.143. The Hall–Kier alpha value is -3.30. The van der Waals surface area contributed by atoms with Crippen LogP contribution in [0.4, 0.5) is 11.4 Å². The molecule has 31 heavy (non-hydrogen) atoms. The molecule has 0 saturated heterocycles. The molecule has 0 fully saturated rings. The first-order chi connectivity index (χ1) is 15.0. The Morgan fingerprint density at radius 2 is 1.23 bits per heavy atom. The van der Waals surface area contributed by atoms with E-state index >= 15 is 0 Å². The second-order valence-electron chi connectivity index (χ2n) is 9.00. The molecule has 2 heterocycles. The third-order valence-electron chi connectivity index (χ3n) is 5.91. The lowest BCUT2D eigenvalue weighted by molar-refractivity contribution is 0.563. The Balaban J connectivity index is 1.74. The summed E-state index contributed by atoms with van der Waals surface area (Å²) < 4.78 is 8.85. The van der Waals surface area contributed by atoms with Crippen LogP contribution in [0.2, 0.25) is 0 Å². The second kappa shape index (κ2) is 6.60. The van der Waals surface area contributed by atoms with E-state index in [9.17, 15) is 0 Å². The summed E-state index contributed by atoms with van der Waals surface area (Å²) in [6, 6.07) is 30.1. The molecule has 0 aliphatic carbocycles. The van der Waals surface area contributed by atoms with E-state index in [-0.39, 0.29) is 5.54 Å². The number of furan rings is 1. The number of para-hydroxylation sites is 1. The van der Waals surface area contributed by atoms with E-state index in [0.29, 0.717) is 0 Å². The maximum atomic E-state index is 6.21. The summed E-state index contributed by atoms with van der Waals surface area (Å²) in [5, 5.41) is 4.97. The van der Waals surface area contributed by atoms with Crippen molar-refractivity contribution >= 4 is 64.8 Å². The van der Waals surface area contributed by atoms with Crippen LogP contribution in [0, 0.1) is 0 Å². The first kappa shape index (κ1) is 18.5. The molecule has 0 aliphatic rings. The lowest BCUT2D eigenvalue weighted by Crippen LogP contribution is -2.37. The van der Waals surface area contributed by atoms with Gasteiger partial charge in [-0.3, -0.25) is 0 Å². The monoisotopic (exact) mass is 421 g/mol. The van der Waals surface area contributed by atoms with Gasteiger partial charge in [0.15, 0.2) is 0 Å². The lowest BCUT2D eigenvalue weighted by atomic mass is 9.99. The van der Waals surface area contributed by atoms with Crippen LogP contribution in [0.25, 0.3) is 42.1 Å². The Morgan fingerprint density at radius 3 is 2.03 bits per heavy atom. The average Bonchev–Trinajstić information content (AvgIpc) is 3.32. The highest BCUT2D eigenvalue weighted by molar-refractivity contribution is 7.26. The van der Waals surface area contributed by atoms with Crippen molar-refractivity contribution in [1.29, 1.82) is 0 Å². The molecule has 0 radical (unpaired) electrons. The maximum Gasteiger partial charge on any atom is 0.137 e. The van der Waals surface area contributed by atoms with Crippen LogP contribution in [0.1, 0.15) is 20.8 Å². The summed E-state index contributed by atoms with van der Waals surface area (Å²) in [7, 11) is 0. The van der Waals surface area contributed by atoms with Gasteiger partial charge in [0.05, 0.1) is 16.8 Å². The molecule has 0 amide bonds. The summed E-state index contributed by atoms with van der Waals surface area (Å²) in [6.07, 6.45) is 0. The van der Waals surface area contributed by atoms with Crippen LogP contribution in [0.15, 0.2) is 89.3 Å². The quantitative estimate of drug-likeness (QED) is 0.277. The Labute approximate surface area is 185 Å². The minimum Gasteiger partial charge on any atom is -0.456 e. The zero-order chi connectivity index (χ0) is 21.2. The van der Waals surface area contributed by atoms with Crippen LogP contribution in [0.5, 0.6) is 0 Å². The van der Waals surface area contributed by atoms with Crippen molar-refractivity contribution in [2.75, 3.05) is 4.90 Å². The molecular formula is C28H23NOS. The average molecular weight is 422 g/mol. The fourth-order valence-electron chi connectivity index (χ4n) is 4.74. The van der Waals surface area contributed by atoms with Gasteiger partial charge in [-0.05, 0) is 57.2 Å². The molecule has 3 heteroatoms. The van der Waals surface area contributed by atoms with Gasteiger partial charge in [0.25, 0.3) is 0 Å². The Kier molecular flexibility index (Phi) is 3.93. The van der Waals surface area contributed by atoms with Crippen molar-refractivity contribution in [3.63, 3.8) is 0 Å². The lowest BCUT2D eigenvalue weighted by Gasteiger charge is -2.38. The van der Waals surface area contributed by atoms with Crippen molar-refractivity contribution in [2.45, 2.75) is 26.3 Å². The van der Waals surface area contributed by atoms with Gasteiger partial charge in [0.2, 0.25) is 0 Å². The molecular weight excluding hydrogens is 398 g/mol. The number of nitrogens with zero attached hydrogens (tertiary/aromatic N) is 1. The molecule has 0 aliphatic heterocycles. The second-order valence-corrected chi connectivity index (χ2v) is 10.1. The first-order valence-corrected chi connectivity index (χ1v) is 11.4. The highest BCUT2D eigenvalue weighted by atomic mass is 32.1. The molecule has 0 saturated carbocycles. The Morgan fingerprint density at radius 1 is 0.613 bits per heavy atom. The smallest absolute Gasteiger partial charge is 0.137 e. The normalized spacial score (nSPS) is 12.4. The molecule has 6 aromatic rings. The van der Waals surface area contributed by atoms with Gasteiger partial charge in [-0.1, -0.05) is 48.5 Å². The van der Waals surface area contributed by atoms with Gasteiger partial charge in [0, 0.05) is 31.1 Å². The van der Waals surface area contributed by atoms with Crippen molar-refractivity contribution in [2.24, 2.45) is 0 Å². The van der Waals surface area contributed by atoms with Crippen molar-refractivity contribution < 1.29 is 4.42 Å². The number of hydrogen-bond acceptors (Lipinski definition) is 3. The van der Waals surface area contributed by atoms with E-state index in [1.165, 1.54) is 36.9 Å². The topological polar surface area (TPSA) is 16.4 Å². The van der Waals surface area contributed by atoms with Crippen LogP contribution >= 0.6 is 11.3 Å². The molecule has 2 aromatic heterocycles. The van der Waals surface area contributed by atoms with E-state index in [0.717, 1.165) is 16.6 Å². The third-order valence-corrected chi connectivity index (χ3v) is 7.05.